The molecule has 0 aliphatic carbocycles. The summed E-state index contributed by atoms with van der Waals surface area (Å²) in [6.07, 6.45) is 1.15. The van der Waals surface area contributed by atoms with Crippen LogP contribution in [0.3, 0.4) is 0 Å². The summed E-state index contributed by atoms with van der Waals surface area (Å²) in [6, 6.07) is 7.32. The lowest BCUT2D eigenvalue weighted by Crippen LogP contribution is -2.41. The van der Waals surface area contributed by atoms with Crippen molar-refractivity contribution in [3.8, 4) is 5.75 Å². The van der Waals surface area contributed by atoms with Crippen LogP contribution in [0.2, 0.25) is 0 Å². The van der Waals surface area contributed by atoms with Crippen molar-refractivity contribution in [1.82, 2.24) is 5.32 Å². The van der Waals surface area contributed by atoms with Crippen molar-refractivity contribution in [2.24, 2.45) is 0 Å². The zero-order valence-electron chi connectivity index (χ0n) is 11.7. The van der Waals surface area contributed by atoms with E-state index in [1.807, 2.05) is 6.07 Å². The summed E-state index contributed by atoms with van der Waals surface area (Å²) in [6.45, 7) is 3.07. The lowest BCUT2D eigenvalue weighted by atomic mass is 10.1. The monoisotopic (exact) mass is 279 g/mol. The van der Waals surface area contributed by atoms with E-state index in [1.165, 1.54) is 0 Å². The molecule has 1 aromatic rings. The van der Waals surface area contributed by atoms with Gasteiger partial charge in [-0.3, -0.25) is 4.79 Å². The van der Waals surface area contributed by atoms with Crippen LogP contribution in [-0.2, 0) is 9.53 Å². The number of aliphatic hydroxyl groups is 1. The van der Waals surface area contributed by atoms with Gasteiger partial charge in [-0.05, 0) is 37.5 Å². The maximum Gasteiger partial charge on any atom is 0.258 e. The van der Waals surface area contributed by atoms with E-state index in [0.717, 1.165) is 18.4 Å². The average molecular weight is 279 g/mol. The number of benzene rings is 1. The summed E-state index contributed by atoms with van der Waals surface area (Å²) in [4.78, 5) is 11.8. The molecular weight excluding hydrogens is 258 g/mol. The lowest BCUT2D eigenvalue weighted by molar-refractivity contribution is -0.124. The molecular formula is C15H21NO4. The highest BCUT2D eigenvalue weighted by Crippen LogP contribution is 2.18. The van der Waals surface area contributed by atoms with E-state index in [1.54, 1.807) is 25.1 Å². The number of carbonyl (C=O) groups is 1. The number of amides is 1. The first-order valence-corrected chi connectivity index (χ1v) is 6.93. The normalized spacial score (nSPS) is 17.5. The van der Waals surface area contributed by atoms with Crippen molar-refractivity contribution >= 4 is 5.91 Å². The number of hydrogen-bond donors (Lipinski definition) is 2. The Morgan fingerprint density at radius 1 is 1.50 bits per heavy atom. The summed E-state index contributed by atoms with van der Waals surface area (Å²) >= 11 is 0. The fraction of sp³-hybridized carbons (Fsp3) is 0.533. The quantitative estimate of drug-likeness (QED) is 0.855. The van der Waals surface area contributed by atoms with E-state index < -0.39 is 6.10 Å². The van der Waals surface area contributed by atoms with Gasteiger partial charge in [-0.25, -0.2) is 0 Å². The van der Waals surface area contributed by atoms with Crippen molar-refractivity contribution in [3.05, 3.63) is 29.8 Å². The second kappa shape index (κ2) is 7.26. The third-order valence-electron chi connectivity index (χ3n) is 3.30. The molecule has 0 bridgehead atoms. The molecule has 0 spiro atoms. The molecule has 1 saturated heterocycles. The van der Waals surface area contributed by atoms with Gasteiger partial charge in [-0.2, -0.15) is 0 Å². The first kappa shape index (κ1) is 14.8. The minimum Gasteiger partial charge on any atom is -0.484 e. The third kappa shape index (κ3) is 4.51. The molecule has 1 unspecified atom stereocenters. The predicted molar refractivity (Wildman–Crippen MR) is 74.6 cm³/mol. The third-order valence-corrected chi connectivity index (χ3v) is 3.30. The first-order chi connectivity index (χ1) is 9.65. The van der Waals surface area contributed by atoms with Gasteiger partial charge in [-0.15, -0.1) is 0 Å². The van der Waals surface area contributed by atoms with Crippen LogP contribution in [0.1, 0.15) is 31.4 Å². The van der Waals surface area contributed by atoms with E-state index in [4.69, 9.17) is 9.47 Å². The second-order valence-corrected chi connectivity index (χ2v) is 4.99. The van der Waals surface area contributed by atoms with Crippen molar-refractivity contribution in [2.45, 2.75) is 31.9 Å². The van der Waals surface area contributed by atoms with Gasteiger partial charge < -0.3 is 19.9 Å². The summed E-state index contributed by atoms with van der Waals surface area (Å²) in [5.41, 5.74) is 0.771. The molecule has 0 saturated carbocycles. The molecule has 2 rings (SSSR count). The Balaban J connectivity index is 1.79. The summed E-state index contributed by atoms with van der Waals surface area (Å²) in [5.74, 6) is 0.463. The van der Waals surface area contributed by atoms with Crippen LogP contribution < -0.4 is 10.1 Å². The first-order valence-electron chi connectivity index (χ1n) is 6.93. The second-order valence-electron chi connectivity index (χ2n) is 4.99. The van der Waals surface area contributed by atoms with E-state index >= 15 is 0 Å². The summed E-state index contributed by atoms with van der Waals surface area (Å²) in [7, 11) is 0. The van der Waals surface area contributed by atoms with Crippen molar-refractivity contribution in [1.29, 1.82) is 0 Å². The standard InChI is InChI=1S/C15H21NO4/c1-11(17)12-3-2-4-14(9-12)20-10-15(18)16-13-5-7-19-8-6-13/h2-4,9,11,13,17H,5-8,10H2,1H3,(H,16,18). The molecule has 2 N–H and O–H groups in total. The van der Waals surface area contributed by atoms with Crippen molar-refractivity contribution in [3.63, 3.8) is 0 Å². The SMILES string of the molecule is CC(O)c1cccc(OCC(=O)NC2CCOCC2)c1. The number of hydrogen-bond acceptors (Lipinski definition) is 4. The van der Waals surface area contributed by atoms with Crippen molar-refractivity contribution in [2.75, 3.05) is 19.8 Å². The molecule has 1 fully saturated rings. The van der Waals surface area contributed by atoms with E-state index in [0.29, 0.717) is 19.0 Å². The Bertz CT molecular complexity index is 441. The van der Waals surface area contributed by atoms with Gasteiger partial charge in [-0.1, -0.05) is 12.1 Å². The fourth-order valence-electron chi connectivity index (χ4n) is 2.12. The number of nitrogens with one attached hydrogen (secondary N) is 1. The van der Waals surface area contributed by atoms with Crippen LogP contribution in [0, 0.1) is 0 Å². The Labute approximate surface area is 118 Å². The molecule has 1 aliphatic rings. The molecule has 1 aromatic carbocycles. The topological polar surface area (TPSA) is 67.8 Å². The van der Waals surface area contributed by atoms with Crippen molar-refractivity contribution < 1.29 is 19.4 Å². The van der Waals surface area contributed by atoms with Gasteiger partial charge in [0.2, 0.25) is 0 Å². The highest BCUT2D eigenvalue weighted by atomic mass is 16.5. The molecule has 1 atom stereocenters. The number of aliphatic hydroxyl groups excluding tert-OH is 1. The Morgan fingerprint density at radius 2 is 2.25 bits per heavy atom. The molecule has 20 heavy (non-hydrogen) atoms. The Hall–Kier alpha value is -1.59. The minimum atomic E-state index is -0.547. The number of rotatable bonds is 5. The van der Waals surface area contributed by atoms with E-state index in [9.17, 15) is 9.90 Å². The summed E-state index contributed by atoms with van der Waals surface area (Å²) in [5, 5.41) is 12.4. The molecule has 5 heteroatoms. The van der Waals surface area contributed by atoms with E-state index in [2.05, 4.69) is 5.32 Å². The minimum absolute atomic E-state index is 0.0133. The van der Waals surface area contributed by atoms with Gasteiger partial charge in [0.05, 0.1) is 6.10 Å². The van der Waals surface area contributed by atoms with Gasteiger partial charge in [0.25, 0.3) is 5.91 Å². The van der Waals surface area contributed by atoms with Crippen LogP contribution >= 0.6 is 0 Å². The van der Waals surface area contributed by atoms with Crippen LogP contribution in [-0.4, -0.2) is 36.9 Å². The molecule has 1 aliphatic heterocycles. The van der Waals surface area contributed by atoms with Crippen LogP contribution in [0.4, 0.5) is 0 Å². The van der Waals surface area contributed by atoms with Crippen LogP contribution in [0.5, 0.6) is 5.75 Å². The smallest absolute Gasteiger partial charge is 0.258 e. The molecule has 0 radical (unpaired) electrons. The van der Waals surface area contributed by atoms with Gasteiger partial charge in [0.15, 0.2) is 6.61 Å². The number of ether oxygens (including phenoxy) is 2. The molecule has 5 nitrogen and oxygen atoms in total. The van der Waals surface area contributed by atoms with Gasteiger partial charge >= 0.3 is 0 Å². The number of carbonyl (C=O) groups excluding carboxylic acids is 1. The van der Waals surface area contributed by atoms with Gasteiger partial charge in [0, 0.05) is 19.3 Å². The highest BCUT2D eigenvalue weighted by molar-refractivity contribution is 5.77. The lowest BCUT2D eigenvalue weighted by Gasteiger charge is -2.23. The molecule has 110 valence electrons. The summed E-state index contributed by atoms with van der Waals surface area (Å²) < 4.78 is 10.7. The zero-order chi connectivity index (χ0) is 14.4. The van der Waals surface area contributed by atoms with Crippen LogP contribution in [0.15, 0.2) is 24.3 Å². The zero-order valence-corrected chi connectivity index (χ0v) is 11.7. The molecule has 1 heterocycles. The maximum atomic E-state index is 11.8. The maximum absolute atomic E-state index is 11.8. The average Bonchev–Trinajstić information content (AvgIpc) is 2.46. The predicted octanol–water partition coefficient (Wildman–Crippen LogP) is 1.41. The van der Waals surface area contributed by atoms with E-state index in [-0.39, 0.29) is 18.6 Å². The van der Waals surface area contributed by atoms with Gasteiger partial charge in [0.1, 0.15) is 5.75 Å². The Kier molecular flexibility index (Phi) is 5.38. The molecule has 1 amide bonds. The molecule has 0 aromatic heterocycles. The fourth-order valence-corrected chi connectivity index (χ4v) is 2.12. The highest BCUT2D eigenvalue weighted by Gasteiger charge is 2.16. The van der Waals surface area contributed by atoms with Crippen LogP contribution in [0.25, 0.3) is 0 Å². The largest absolute Gasteiger partial charge is 0.484 e. The Morgan fingerprint density at radius 3 is 2.95 bits per heavy atom.